The van der Waals surface area contributed by atoms with Crippen molar-refractivity contribution in [2.45, 2.75) is 17.7 Å². The number of phenolic OH excluding ortho intramolecular Hbond substituents is 1. The minimum atomic E-state index is -3.49. The highest BCUT2D eigenvalue weighted by molar-refractivity contribution is 9.11. The largest absolute Gasteiger partial charge is 0.508 e. The quantitative estimate of drug-likeness (QED) is 0.891. The molecule has 0 aliphatic carbocycles. The van der Waals surface area contributed by atoms with E-state index in [0.29, 0.717) is 4.21 Å². The summed E-state index contributed by atoms with van der Waals surface area (Å²) in [6, 6.07) is 8.16. The van der Waals surface area contributed by atoms with Crippen LogP contribution in [0.4, 0.5) is 0 Å². The van der Waals surface area contributed by atoms with Crippen LogP contribution in [0.25, 0.3) is 0 Å². The molecule has 0 aliphatic rings. The summed E-state index contributed by atoms with van der Waals surface area (Å²) < 4.78 is 27.3. The Bertz CT molecular complexity index is 688. The third kappa shape index (κ3) is 3.22. The Balaban J connectivity index is 2.23. The van der Waals surface area contributed by atoms with Crippen LogP contribution in [0, 0.1) is 6.92 Å². The molecular weight excluding hydrogens is 362 g/mol. The van der Waals surface area contributed by atoms with E-state index in [1.54, 1.807) is 37.4 Å². The van der Waals surface area contributed by atoms with Gasteiger partial charge in [-0.05, 0) is 52.2 Å². The zero-order valence-electron chi connectivity index (χ0n) is 11.0. The number of benzene rings is 1. The fourth-order valence-corrected chi connectivity index (χ4v) is 5.25. The highest BCUT2D eigenvalue weighted by atomic mass is 79.9. The zero-order valence-corrected chi connectivity index (χ0v) is 14.2. The molecule has 0 saturated carbocycles. The van der Waals surface area contributed by atoms with Crippen molar-refractivity contribution < 1.29 is 13.5 Å². The highest BCUT2D eigenvalue weighted by Gasteiger charge is 2.23. The van der Waals surface area contributed by atoms with E-state index < -0.39 is 10.0 Å². The monoisotopic (exact) mass is 375 g/mol. The van der Waals surface area contributed by atoms with Crippen molar-refractivity contribution in [1.82, 2.24) is 4.31 Å². The van der Waals surface area contributed by atoms with Crippen LogP contribution in [0.15, 0.2) is 38.3 Å². The first kappa shape index (κ1) is 15.5. The molecule has 0 fully saturated rings. The fourth-order valence-electron chi connectivity index (χ4n) is 1.66. The van der Waals surface area contributed by atoms with Gasteiger partial charge in [0, 0.05) is 13.6 Å². The van der Waals surface area contributed by atoms with Gasteiger partial charge >= 0.3 is 0 Å². The Hall–Kier alpha value is -0.890. The smallest absolute Gasteiger partial charge is 0.252 e. The van der Waals surface area contributed by atoms with E-state index in [1.807, 2.05) is 6.92 Å². The first-order chi connectivity index (χ1) is 9.30. The lowest BCUT2D eigenvalue weighted by molar-refractivity contribution is 0.465. The molecule has 4 nitrogen and oxygen atoms in total. The summed E-state index contributed by atoms with van der Waals surface area (Å²) >= 11 is 4.55. The Morgan fingerprint density at radius 1 is 1.30 bits per heavy atom. The summed E-state index contributed by atoms with van der Waals surface area (Å²) in [6.45, 7) is 2.12. The number of halogens is 1. The van der Waals surface area contributed by atoms with Gasteiger partial charge in [-0.15, -0.1) is 11.3 Å². The Kier molecular flexibility index (Phi) is 4.53. The van der Waals surface area contributed by atoms with Gasteiger partial charge in [0.1, 0.15) is 9.96 Å². The molecule has 2 rings (SSSR count). The summed E-state index contributed by atoms with van der Waals surface area (Å²) in [5, 5.41) is 9.23. The number of phenols is 1. The standard InChI is InChI=1S/C13H14BrNO3S2/c1-9-7-12(19-13(9)14)20(17,18)15(2)8-10-3-5-11(16)6-4-10/h3-7,16H,8H2,1-2H3. The van der Waals surface area contributed by atoms with Crippen LogP contribution in [-0.4, -0.2) is 24.9 Å². The number of aryl methyl sites for hydroxylation is 1. The van der Waals surface area contributed by atoms with E-state index in [4.69, 9.17) is 0 Å². The number of hydrogen-bond acceptors (Lipinski definition) is 4. The van der Waals surface area contributed by atoms with E-state index in [-0.39, 0.29) is 12.3 Å². The van der Waals surface area contributed by atoms with E-state index in [0.717, 1.165) is 14.9 Å². The molecule has 0 aliphatic heterocycles. The lowest BCUT2D eigenvalue weighted by Gasteiger charge is -2.16. The summed E-state index contributed by atoms with van der Waals surface area (Å²) in [6.07, 6.45) is 0. The van der Waals surface area contributed by atoms with Crippen LogP contribution in [-0.2, 0) is 16.6 Å². The normalized spacial score (nSPS) is 12.0. The van der Waals surface area contributed by atoms with Gasteiger partial charge in [0.05, 0.1) is 3.79 Å². The molecule has 0 atom stereocenters. The second-order valence-electron chi connectivity index (χ2n) is 4.45. The number of thiophene rings is 1. The predicted molar refractivity (Wildman–Crippen MR) is 83.5 cm³/mol. The Labute approximate surface area is 130 Å². The number of nitrogens with zero attached hydrogens (tertiary/aromatic N) is 1. The second kappa shape index (κ2) is 5.85. The number of sulfonamides is 1. The molecule has 2 aromatic rings. The third-order valence-electron chi connectivity index (χ3n) is 2.84. The van der Waals surface area contributed by atoms with Crippen molar-refractivity contribution in [1.29, 1.82) is 0 Å². The van der Waals surface area contributed by atoms with Crippen LogP contribution in [0.5, 0.6) is 5.75 Å². The molecule has 108 valence electrons. The molecule has 0 saturated heterocycles. The van der Waals surface area contributed by atoms with E-state index in [1.165, 1.54) is 15.6 Å². The van der Waals surface area contributed by atoms with Crippen molar-refractivity contribution in [2.24, 2.45) is 0 Å². The van der Waals surface area contributed by atoms with Gasteiger partial charge in [-0.1, -0.05) is 12.1 Å². The topological polar surface area (TPSA) is 57.6 Å². The molecule has 1 heterocycles. The fraction of sp³-hybridized carbons (Fsp3) is 0.231. The maximum absolute atomic E-state index is 12.4. The summed E-state index contributed by atoms with van der Waals surface area (Å²) in [7, 11) is -1.94. The van der Waals surface area contributed by atoms with Gasteiger partial charge in [-0.3, -0.25) is 0 Å². The van der Waals surface area contributed by atoms with Crippen molar-refractivity contribution in [3.63, 3.8) is 0 Å². The minimum absolute atomic E-state index is 0.164. The highest BCUT2D eigenvalue weighted by Crippen LogP contribution is 2.32. The maximum Gasteiger partial charge on any atom is 0.252 e. The molecule has 0 spiro atoms. The van der Waals surface area contributed by atoms with Crippen molar-refractivity contribution in [3.05, 3.63) is 45.2 Å². The average Bonchev–Trinajstić information content (AvgIpc) is 2.73. The number of hydrogen-bond donors (Lipinski definition) is 1. The van der Waals surface area contributed by atoms with Crippen LogP contribution >= 0.6 is 27.3 Å². The molecular formula is C13H14BrNO3S2. The SMILES string of the molecule is Cc1cc(S(=O)(=O)N(C)Cc2ccc(O)cc2)sc1Br. The first-order valence-electron chi connectivity index (χ1n) is 5.81. The van der Waals surface area contributed by atoms with Crippen LogP contribution in [0.2, 0.25) is 0 Å². The average molecular weight is 376 g/mol. The lowest BCUT2D eigenvalue weighted by atomic mass is 10.2. The second-order valence-corrected chi connectivity index (χ2v) is 9.09. The zero-order chi connectivity index (χ0) is 14.9. The molecule has 7 heteroatoms. The molecule has 20 heavy (non-hydrogen) atoms. The van der Waals surface area contributed by atoms with Crippen LogP contribution in [0.1, 0.15) is 11.1 Å². The summed E-state index contributed by atoms with van der Waals surface area (Å²) in [4.78, 5) is 0. The lowest BCUT2D eigenvalue weighted by Crippen LogP contribution is -2.25. The molecule has 0 radical (unpaired) electrons. The first-order valence-corrected chi connectivity index (χ1v) is 8.86. The van der Waals surface area contributed by atoms with Gasteiger partial charge in [-0.25, -0.2) is 8.42 Å². The van der Waals surface area contributed by atoms with Crippen molar-refractivity contribution in [2.75, 3.05) is 7.05 Å². The Morgan fingerprint density at radius 3 is 2.40 bits per heavy atom. The van der Waals surface area contributed by atoms with Gasteiger partial charge in [0.15, 0.2) is 0 Å². The van der Waals surface area contributed by atoms with Gasteiger partial charge in [0.25, 0.3) is 10.0 Å². The van der Waals surface area contributed by atoms with Gasteiger partial charge in [0.2, 0.25) is 0 Å². The van der Waals surface area contributed by atoms with E-state index in [2.05, 4.69) is 15.9 Å². The third-order valence-corrected chi connectivity index (χ3v) is 7.23. The van der Waals surface area contributed by atoms with Gasteiger partial charge in [-0.2, -0.15) is 4.31 Å². The van der Waals surface area contributed by atoms with Crippen LogP contribution in [0.3, 0.4) is 0 Å². The molecule has 0 amide bonds. The molecule has 1 N–H and O–H groups in total. The summed E-state index contributed by atoms with van der Waals surface area (Å²) in [5.41, 5.74) is 1.73. The number of aromatic hydroxyl groups is 1. The van der Waals surface area contributed by atoms with Crippen molar-refractivity contribution >= 4 is 37.3 Å². The van der Waals surface area contributed by atoms with E-state index in [9.17, 15) is 13.5 Å². The molecule has 1 aromatic heterocycles. The maximum atomic E-state index is 12.4. The molecule has 0 bridgehead atoms. The Morgan fingerprint density at radius 2 is 1.90 bits per heavy atom. The van der Waals surface area contributed by atoms with Crippen LogP contribution < -0.4 is 0 Å². The molecule has 1 aromatic carbocycles. The number of rotatable bonds is 4. The van der Waals surface area contributed by atoms with E-state index >= 15 is 0 Å². The predicted octanol–water partition coefficient (Wildman–Crippen LogP) is 3.35. The minimum Gasteiger partial charge on any atom is -0.508 e. The molecule has 0 unspecified atom stereocenters. The summed E-state index contributed by atoms with van der Waals surface area (Å²) in [5.74, 6) is 0.164. The van der Waals surface area contributed by atoms with Crippen molar-refractivity contribution in [3.8, 4) is 5.75 Å². The van der Waals surface area contributed by atoms with Gasteiger partial charge < -0.3 is 5.11 Å².